The van der Waals surface area contributed by atoms with E-state index in [-0.39, 0.29) is 23.5 Å². The van der Waals surface area contributed by atoms with Crippen LogP contribution >= 0.6 is 22.9 Å². The van der Waals surface area contributed by atoms with E-state index >= 15 is 0 Å². The highest BCUT2D eigenvalue weighted by Gasteiger charge is 2.30. The Morgan fingerprint density at radius 2 is 2.22 bits per heavy atom. The largest absolute Gasteiger partial charge is 0.347 e. The minimum atomic E-state index is -3.02. The lowest BCUT2D eigenvalue weighted by molar-refractivity contribution is 0.0944. The Bertz CT molecular complexity index is 861. The highest BCUT2D eigenvalue weighted by molar-refractivity contribution is 7.91. The fraction of sp³-hybridized carbons (Fsp3) is 0.333. The standard InChI is InChI=1S/C15H15ClN2O3S2/c1-9-13(14(19)18-12-5-6-23(20,21)8-12)22-15(17-9)10-3-2-4-11(16)7-10/h2-4,7,12H,5-6,8H2,1H3,(H,18,19). The fourth-order valence-electron chi connectivity index (χ4n) is 2.51. The fourth-order valence-corrected chi connectivity index (χ4v) is 5.34. The molecule has 1 atom stereocenters. The van der Waals surface area contributed by atoms with Gasteiger partial charge in [-0.2, -0.15) is 0 Å². The van der Waals surface area contributed by atoms with Crippen LogP contribution in [0.1, 0.15) is 21.8 Å². The van der Waals surface area contributed by atoms with Gasteiger partial charge in [0.25, 0.3) is 5.91 Å². The Labute approximate surface area is 143 Å². The van der Waals surface area contributed by atoms with Crippen molar-refractivity contribution >= 4 is 38.7 Å². The molecule has 1 saturated heterocycles. The number of aryl methyl sites for hydroxylation is 1. The van der Waals surface area contributed by atoms with Gasteiger partial charge in [-0.3, -0.25) is 4.79 Å². The average molecular weight is 371 g/mol. The molecule has 1 aliphatic rings. The van der Waals surface area contributed by atoms with Gasteiger partial charge in [0.05, 0.1) is 17.2 Å². The smallest absolute Gasteiger partial charge is 0.263 e. The first kappa shape index (κ1) is 16.4. The third-order valence-electron chi connectivity index (χ3n) is 3.64. The van der Waals surface area contributed by atoms with E-state index in [1.165, 1.54) is 11.3 Å². The Kier molecular flexibility index (Phi) is 4.44. The van der Waals surface area contributed by atoms with Crippen LogP contribution in [-0.4, -0.2) is 36.9 Å². The molecule has 23 heavy (non-hydrogen) atoms. The summed E-state index contributed by atoms with van der Waals surface area (Å²) in [6, 6.07) is 6.97. The van der Waals surface area contributed by atoms with Crippen LogP contribution in [0.5, 0.6) is 0 Å². The van der Waals surface area contributed by atoms with Crippen LogP contribution in [-0.2, 0) is 9.84 Å². The molecule has 0 aliphatic carbocycles. The molecule has 2 aromatic rings. The number of nitrogens with one attached hydrogen (secondary N) is 1. The van der Waals surface area contributed by atoms with Gasteiger partial charge in [0, 0.05) is 16.6 Å². The molecule has 0 radical (unpaired) electrons. The minimum Gasteiger partial charge on any atom is -0.347 e. The second-order valence-corrected chi connectivity index (χ2v) is 9.18. The molecule has 1 aromatic carbocycles. The predicted molar refractivity (Wildman–Crippen MR) is 91.8 cm³/mol. The Hall–Kier alpha value is -1.44. The maximum Gasteiger partial charge on any atom is 0.263 e. The van der Waals surface area contributed by atoms with Crippen LogP contribution in [0.4, 0.5) is 0 Å². The van der Waals surface area contributed by atoms with Crippen molar-refractivity contribution in [2.75, 3.05) is 11.5 Å². The van der Waals surface area contributed by atoms with Crippen LogP contribution in [0.3, 0.4) is 0 Å². The Balaban J connectivity index is 1.79. The van der Waals surface area contributed by atoms with Gasteiger partial charge in [0.1, 0.15) is 9.88 Å². The van der Waals surface area contributed by atoms with Crippen molar-refractivity contribution in [3.63, 3.8) is 0 Å². The van der Waals surface area contributed by atoms with Crippen molar-refractivity contribution in [3.05, 3.63) is 39.9 Å². The van der Waals surface area contributed by atoms with Crippen LogP contribution in [0.2, 0.25) is 5.02 Å². The molecule has 1 aliphatic heterocycles. The third kappa shape index (κ3) is 3.73. The number of amides is 1. The van der Waals surface area contributed by atoms with E-state index in [0.29, 0.717) is 27.0 Å². The molecular formula is C15H15ClN2O3S2. The van der Waals surface area contributed by atoms with Crippen molar-refractivity contribution in [1.29, 1.82) is 0 Å². The van der Waals surface area contributed by atoms with Gasteiger partial charge in [-0.15, -0.1) is 11.3 Å². The number of hydrogen-bond donors (Lipinski definition) is 1. The number of thiazole rings is 1. The second kappa shape index (κ2) is 6.22. The van der Waals surface area contributed by atoms with E-state index in [1.54, 1.807) is 19.1 Å². The molecule has 1 fully saturated rings. The summed E-state index contributed by atoms with van der Waals surface area (Å²) in [5.41, 5.74) is 1.48. The number of sulfone groups is 1. The van der Waals surface area contributed by atoms with E-state index in [9.17, 15) is 13.2 Å². The summed E-state index contributed by atoms with van der Waals surface area (Å²) in [6.45, 7) is 1.77. The van der Waals surface area contributed by atoms with E-state index in [4.69, 9.17) is 11.6 Å². The SMILES string of the molecule is Cc1nc(-c2cccc(Cl)c2)sc1C(=O)NC1CCS(=O)(=O)C1. The number of carbonyl (C=O) groups is 1. The van der Waals surface area contributed by atoms with Crippen molar-refractivity contribution in [2.45, 2.75) is 19.4 Å². The van der Waals surface area contributed by atoms with Crippen molar-refractivity contribution in [2.24, 2.45) is 0 Å². The van der Waals surface area contributed by atoms with Gasteiger partial charge in [-0.05, 0) is 25.5 Å². The number of halogens is 1. The molecule has 0 saturated carbocycles. The topological polar surface area (TPSA) is 76.1 Å². The quantitative estimate of drug-likeness (QED) is 0.901. The number of nitrogens with zero attached hydrogens (tertiary/aromatic N) is 1. The van der Waals surface area contributed by atoms with Crippen molar-refractivity contribution in [1.82, 2.24) is 10.3 Å². The molecule has 122 valence electrons. The second-order valence-electron chi connectivity index (χ2n) is 5.52. The third-order valence-corrected chi connectivity index (χ3v) is 6.85. The number of rotatable bonds is 3. The van der Waals surface area contributed by atoms with Crippen molar-refractivity contribution in [3.8, 4) is 10.6 Å². The first-order valence-corrected chi connectivity index (χ1v) is 10.1. The van der Waals surface area contributed by atoms with Crippen molar-refractivity contribution < 1.29 is 13.2 Å². The first-order chi connectivity index (χ1) is 10.8. The Morgan fingerprint density at radius 1 is 1.43 bits per heavy atom. The van der Waals surface area contributed by atoms with Crippen LogP contribution in [0, 0.1) is 6.92 Å². The molecule has 0 bridgehead atoms. The lowest BCUT2D eigenvalue weighted by atomic mass is 10.2. The monoisotopic (exact) mass is 370 g/mol. The van der Waals surface area contributed by atoms with Gasteiger partial charge in [-0.25, -0.2) is 13.4 Å². The van der Waals surface area contributed by atoms with Crippen LogP contribution < -0.4 is 5.32 Å². The van der Waals surface area contributed by atoms with Gasteiger partial charge < -0.3 is 5.32 Å². The minimum absolute atomic E-state index is 0.0116. The number of carbonyl (C=O) groups excluding carboxylic acids is 1. The molecule has 1 amide bonds. The number of benzene rings is 1. The van der Waals surface area contributed by atoms with E-state index in [0.717, 1.165) is 5.56 Å². The molecule has 5 nitrogen and oxygen atoms in total. The summed E-state index contributed by atoms with van der Waals surface area (Å²) < 4.78 is 22.9. The van der Waals surface area contributed by atoms with Crippen LogP contribution in [0.15, 0.2) is 24.3 Å². The molecule has 1 aromatic heterocycles. The van der Waals surface area contributed by atoms with Gasteiger partial charge in [0.2, 0.25) is 0 Å². The number of hydrogen-bond acceptors (Lipinski definition) is 5. The molecule has 1 unspecified atom stereocenters. The molecule has 3 rings (SSSR count). The summed E-state index contributed by atoms with van der Waals surface area (Å²) in [5.74, 6) is -0.124. The summed E-state index contributed by atoms with van der Waals surface area (Å²) in [4.78, 5) is 17.3. The summed E-state index contributed by atoms with van der Waals surface area (Å²) in [5, 5.41) is 4.12. The summed E-state index contributed by atoms with van der Waals surface area (Å²) >= 11 is 7.27. The molecule has 8 heteroatoms. The van der Waals surface area contributed by atoms with Crippen LogP contribution in [0.25, 0.3) is 10.6 Å². The zero-order chi connectivity index (χ0) is 16.6. The van der Waals surface area contributed by atoms with Gasteiger partial charge in [0.15, 0.2) is 9.84 Å². The summed E-state index contributed by atoms with van der Waals surface area (Å²) in [6.07, 6.45) is 0.465. The Morgan fingerprint density at radius 3 is 2.87 bits per heavy atom. The number of aromatic nitrogens is 1. The zero-order valence-corrected chi connectivity index (χ0v) is 14.8. The molecule has 2 heterocycles. The van der Waals surface area contributed by atoms with Gasteiger partial charge in [-0.1, -0.05) is 23.7 Å². The zero-order valence-electron chi connectivity index (χ0n) is 12.4. The predicted octanol–water partition coefficient (Wildman–Crippen LogP) is 2.69. The maximum absolute atomic E-state index is 12.4. The first-order valence-electron chi connectivity index (χ1n) is 7.09. The molecular weight excluding hydrogens is 356 g/mol. The normalized spacial score (nSPS) is 19.7. The highest BCUT2D eigenvalue weighted by Crippen LogP contribution is 2.29. The maximum atomic E-state index is 12.4. The average Bonchev–Trinajstić information content (AvgIpc) is 3.01. The highest BCUT2D eigenvalue weighted by atomic mass is 35.5. The lowest BCUT2D eigenvalue weighted by Crippen LogP contribution is -2.35. The van der Waals surface area contributed by atoms with E-state index < -0.39 is 9.84 Å². The molecule has 1 N–H and O–H groups in total. The summed E-state index contributed by atoms with van der Waals surface area (Å²) in [7, 11) is -3.02. The lowest BCUT2D eigenvalue weighted by Gasteiger charge is -2.09. The van der Waals surface area contributed by atoms with E-state index in [1.807, 2.05) is 12.1 Å². The van der Waals surface area contributed by atoms with E-state index in [2.05, 4.69) is 10.3 Å². The molecule has 0 spiro atoms. The van der Waals surface area contributed by atoms with Gasteiger partial charge >= 0.3 is 0 Å².